The van der Waals surface area contributed by atoms with Gasteiger partial charge in [0.15, 0.2) is 0 Å². The molecule has 2 aliphatic carbocycles. The SMILES string of the molecule is CC(C)(C)c1ccc(CCC(CCCCC2CCCCC2)OC(=O)CCC(=O)OC(CCCCC2CCCCC2)CCc2ccc(C(C)(C)C)c(NC(=O)CC3c4ccccc4Oc4ccccc43)c2)cc1NC(=O)CC1c2ccccc2Oc2ccccc21. The first-order valence-corrected chi connectivity index (χ1v) is 34.5. The third-order valence-electron chi connectivity index (χ3n) is 19.6. The summed E-state index contributed by atoms with van der Waals surface area (Å²) in [5, 5.41) is 6.70. The fraction of sp³-hybridized carbons (Fsp3) is 0.500. The largest absolute Gasteiger partial charge is 0.462 e. The Hall–Kier alpha value is -7.20. The summed E-state index contributed by atoms with van der Waals surface area (Å²) in [4.78, 5) is 56.4. The molecule has 10 heteroatoms. The minimum atomic E-state index is -0.376. The highest BCUT2D eigenvalue weighted by atomic mass is 16.6. The molecule has 2 atom stereocenters. The smallest absolute Gasteiger partial charge is 0.306 e. The highest BCUT2D eigenvalue weighted by Crippen LogP contribution is 2.48. The van der Waals surface area contributed by atoms with Gasteiger partial charge < -0.3 is 29.6 Å². The van der Waals surface area contributed by atoms with Gasteiger partial charge in [-0.25, -0.2) is 0 Å². The summed E-state index contributed by atoms with van der Waals surface area (Å²) in [6, 6.07) is 44.7. The number of carbonyl (C=O) groups excluding carboxylic acids is 4. The van der Waals surface area contributed by atoms with Crippen LogP contribution in [0, 0.1) is 11.8 Å². The molecule has 478 valence electrons. The van der Waals surface area contributed by atoms with Crippen molar-refractivity contribution in [1.82, 2.24) is 0 Å². The fourth-order valence-corrected chi connectivity index (χ4v) is 14.7. The molecule has 2 saturated carbocycles. The van der Waals surface area contributed by atoms with Gasteiger partial charge in [0.1, 0.15) is 35.2 Å². The van der Waals surface area contributed by atoms with Gasteiger partial charge in [-0.1, -0.05) is 228 Å². The maximum Gasteiger partial charge on any atom is 0.306 e. The lowest BCUT2D eigenvalue weighted by atomic mass is 9.84. The standard InChI is InChI=1S/C80H100N2O8/c1-79(2,3)67-47-43-57(51-69(67)81-75(83)53-65-61-33-17-21-37-71(61)89-72-38-22-18-34-62(65)72)41-45-59(31-15-13-29-55-25-9-7-10-26-55)87-77(85)49-50-78(86)88-60(32-16-14-30-56-27-11-8-12-28-56)46-42-58-44-48-68(80(4,5)6)70(52-58)82-76(84)54-66-63-35-19-23-39-73(63)90-74-40-24-20-36-64(66)74/h17-24,33-40,43-44,47-48,51-52,55-56,59-60,65-66H,7-16,25-32,41-42,45-46,49-50,53-54H2,1-6H3,(H,81,83)(H,82,84). The Morgan fingerprint density at radius 1 is 0.444 bits per heavy atom. The Morgan fingerprint density at radius 2 is 0.789 bits per heavy atom. The van der Waals surface area contributed by atoms with Crippen LogP contribution in [0.15, 0.2) is 133 Å². The molecule has 4 aliphatic rings. The average Bonchev–Trinajstić information content (AvgIpc) is 0.811. The maximum absolute atomic E-state index is 14.2. The van der Waals surface area contributed by atoms with Gasteiger partial charge in [0.25, 0.3) is 0 Å². The van der Waals surface area contributed by atoms with Gasteiger partial charge in [-0.05, 0) is 133 Å². The van der Waals surface area contributed by atoms with E-state index in [1.807, 2.05) is 72.8 Å². The van der Waals surface area contributed by atoms with Gasteiger partial charge in [-0.3, -0.25) is 19.2 Å². The molecule has 2 aliphatic heterocycles. The van der Waals surface area contributed by atoms with E-state index in [0.29, 0.717) is 25.7 Å². The molecule has 6 aromatic rings. The number of nitrogens with one attached hydrogen (secondary N) is 2. The zero-order valence-corrected chi connectivity index (χ0v) is 54.8. The number of ether oxygens (including phenoxy) is 4. The third kappa shape index (κ3) is 18.3. The monoisotopic (exact) mass is 1220 g/mol. The van der Waals surface area contributed by atoms with Crippen molar-refractivity contribution in [3.63, 3.8) is 0 Å². The summed E-state index contributed by atoms with van der Waals surface area (Å²) in [5.41, 5.74) is 9.37. The molecule has 0 aromatic heterocycles. The van der Waals surface area contributed by atoms with Crippen LogP contribution in [0.1, 0.15) is 252 Å². The number of amides is 2. The molecule has 6 aromatic carbocycles. The molecule has 0 bridgehead atoms. The Labute approximate surface area is 537 Å². The van der Waals surface area contributed by atoms with E-state index in [9.17, 15) is 19.2 Å². The number of rotatable bonds is 27. The number of anilines is 2. The topological polar surface area (TPSA) is 129 Å². The summed E-state index contributed by atoms with van der Waals surface area (Å²) in [6.45, 7) is 13.0. The summed E-state index contributed by atoms with van der Waals surface area (Å²) in [5.74, 6) is 3.48. The second kappa shape index (κ2) is 31.2. The van der Waals surface area contributed by atoms with Crippen LogP contribution in [0.25, 0.3) is 0 Å². The first-order valence-electron chi connectivity index (χ1n) is 34.5. The van der Waals surface area contributed by atoms with E-state index in [1.165, 1.54) is 77.0 Å². The van der Waals surface area contributed by atoms with Gasteiger partial charge in [0.2, 0.25) is 11.8 Å². The molecule has 2 fully saturated rings. The third-order valence-corrected chi connectivity index (χ3v) is 19.6. The molecule has 2 amide bonds. The van der Waals surface area contributed by atoms with Crippen molar-refractivity contribution in [2.75, 3.05) is 10.6 Å². The molecule has 90 heavy (non-hydrogen) atoms. The number of fused-ring (bicyclic) bond motifs is 4. The van der Waals surface area contributed by atoms with Crippen molar-refractivity contribution in [3.05, 3.63) is 178 Å². The second-order valence-electron chi connectivity index (χ2n) is 28.6. The normalized spacial score (nSPS) is 16.0. The zero-order chi connectivity index (χ0) is 63.0. The number of para-hydroxylation sites is 4. The fourth-order valence-electron chi connectivity index (χ4n) is 14.7. The highest BCUT2D eigenvalue weighted by Gasteiger charge is 2.32. The van der Waals surface area contributed by atoms with Crippen molar-refractivity contribution in [1.29, 1.82) is 0 Å². The summed E-state index contributed by atoms with van der Waals surface area (Å²) >= 11 is 0. The predicted molar refractivity (Wildman–Crippen MR) is 362 cm³/mol. The molecular formula is C80H100N2O8. The van der Waals surface area contributed by atoms with Crippen LogP contribution in [0.2, 0.25) is 0 Å². The molecule has 0 spiro atoms. The van der Waals surface area contributed by atoms with Gasteiger partial charge in [-0.15, -0.1) is 0 Å². The number of unbranched alkanes of at least 4 members (excludes halogenated alkanes) is 2. The number of hydrogen-bond acceptors (Lipinski definition) is 8. The van der Waals surface area contributed by atoms with Crippen molar-refractivity contribution >= 4 is 35.1 Å². The van der Waals surface area contributed by atoms with Crippen LogP contribution in [-0.2, 0) is 52.3 Å². The van der Waals surface area contributed by atoms with E-state index in [1.54, 1.807) is 0 Å². The van der Waals surface area contributed by atoms with E-state index in [-0.39, 0.29) is 84.3 Å². The highest BCUT2D eigenvalue weighted by molar-refractivity contribution is 5.94. The summed E-state index contributed by atoms with van der Waals surface area (Å²) < 4.78 is 25.2. The van der Waals surface area contributed by atoms with Crippen LogP contribution >= 0.6 is 0 Å². The average molecular weight is 1220 g/mol. The number of hydrogen-bond donors (Lipinski definition) is 2. The van der Waals surface area contributed by atoms with Crippen LogP contribution in [0.5, 0.6) is 23.0 Å². The molecule has 2 heterocycles. The maximum atomic E-state index is 14.2. The van der Waals surface area contributed by atoms with Crippen LogP contribution in [0.3, 0.4) is 0 Å². The van der Waals surface area contributed by atoms with Crippen LogP contribution in [-0.4, -0.2) is 36.0 Å². The van der Waals surface area contributed by atoms with Gasteiger partial charge in [0.05, 0.1) is 12.8 Å². The van der Waals surface area contributed by atoms with E-state index in [2.05, 4.69) is 113 Å². The van der Waals surface area contributed by atoms with Crippen molar-refractivity contribution < 1.29 is 38.1 Å². The van der Waals surface area contributed by atoms with Gasteiger partial charge >= 0.3 is 11.9 Å². The molecule has 2 unspecified atom stereocenters. The number of carbonyl (C=O) groups is 4. The predicted octanol–water partition coefficient (Wildman–Crippen LogP) is 20.3. The summed E-state index contributed by atoms with van der Waals surface area (Å²) in [7, 11) is 0. The second-order valence-corrected chi connectivity index (χ2v) is 28.6. The van der Waals surface area contributed by atoms with Crippen LogP contribution in [0.4, 0.5) is 11.4 Å². The van der Waals surface area contributed by atoms with E-state index in [4.69, 9.17) is 18.9 Å². The molecule has 0 saturated heterocycles. The number of esters is 2. The Bertz CT molecular complexity index is 3060. The lowest BCUT2D eigenvalue weighted by Gasteiger charge is -2.28. The zero-order valence-electron chi connectivity index (χ0n) is 54.8. The van der Waals surface area contributed by atoms with Gasteiger partial charge in [-0.2, -0.15) is 0 Å². The van der Waals surface area contributed by atoms with E-state index < -0.39 is 0 Å². The number of benzene rings is 6. The van der Waals surface area contributed by atoms with Crippen molar-refractivity contribution in [2.24, 2.45) is 11.8 Å². The lowest BCUT2D eigenvalue weighted by Crippen LogP contribution is -2.23. The van der Waals surface area contributed by atoms with Crippen LogP contribution < -0.4 is 20.1 Å². The molecule has 0 radical (unpaired) electrons. The molecule has 2 N–H and O–H groups in total. The van der Waals surface area contributed by atoms with Crippen molar-refractivity contribution in [2.45, 2.75) is 243 Å². The van der Waals surface area contributed by atoms with Crippen molar-refractivity contribution in [3.8, 4) is 23.0 Å². The first kappa shape index (κ1) is 65.7. The van der Waals surface area contributed by atoms with Gasteiger partial charge in [0, 0.05) is 58.3 Å². The molecule has 10 rings (SSSR count). The van der Waals surface area contributed by atoms with E-state index in [0.717, 1.165) is 129 Å². The Morgan fingerprint density at radius 3 is 1.13 bits per heavy atom. The Kier molecular flexibility index (Phi) is 22.8. The minimum absolute atomic E-state index is 0.0489. The molecular weight excluding hydrogens is 1120 g/mol. The minimum Gasteiger partial charge on any atom is -0.462 e. The molecule has 10 nitrogen and oxygen atoms in total. The number of aryl methyl sites for hydroxylation is 2. The van der Waals surface area contributed by atoms with E-state index >= 15 is 0 Å². The summed E-state index contributed by atoms with van der Waals surface area (Å²) in [6.07, 6.45) is 23.6. The quantitative estimate of drug-likeness (QED) is 0.0385. The lowest BCUT2D eigenvalue weighted by molar-refractivity contribution is -0.156. The first-order chi connectivity index (χ1) is 43.5. The Balaban J connectivity index is 0.779.